The second-order valence-electron chi connectivity index (χ2n) is 4.90. The number of aliphatic hydroxyl groups excluding tert-OH is 1. The van der Waals surface area contributed by atoms with Gasteiger partial charge in [-0.2, -0.15) is 0 Å². The zero-order valence-electron chi connectivity index (χ0n) is 12.4. The first-order valence-corrected chi connectivity index (χ1v) is 7.48. The highest BCUT2D eigenvalue weighted by Gasteiger charge is 2.21. The predicted molar refractivity (Wildman–Crippen MR) is 89.0 cm³/mol. The Labute approximate surface area is 139 Å². The lowest BCUT2D eigenvalue weighted by Gasteiger charge is -2.21. The van der Waals surface area contributed by atoms with Gasteiger partial charge in [0.05, 0.1) is 6.61 Å². The number of carbonyl (C=O) groups is 2. The fourth-order valence-corrected chi connectivity index (χ4v) is 2.16. The van der Waals surface area contributed by atoms with Crippen molar-refractivity contribution in [2.24, 2.45) is 0 Å². The number of halogens is 1. The first-order chi connectivity index (χ1) is 11.1. The zero-order valence-corrected chi connectivity index (χ0v) is 13.2. The van der Waals surface area contributed by atoms with Crippen LogP contribution in [0.2, 0.25) is 5.02 Å². The van der Waals surface area contributed by atoms with Crippen molar-refractivity contribution in [2.75, 3.05) is 18.5 Å². The molecule has 5 nitrogen and oxygen atoms in total. The van der Waals surface area contributed by atoms with Gasteiger partial charge in [0.2, 0.25) is 0 Å². The Morgan fingerprint density at radius 3 is 2.30 bits per heavy atom. The van der Waals surface area contributed by atoms with Crippen LogP contribution in [-0.4, -0.2) is 35.0 Å². The van der Waals surface area contributed by atoms with Crippen LogP contribution in [0.15, 0.2) is 54.6 Å². The molecule has 0 aromatic heterocycles. The smallest absolute Gasteiger partial charge is 0.313 e. The normalized spacial score (nSPS) is 10.2. The third-order valence-corrected chi connectivity index (χ3v) is 3.42. The number of anilines is 1. The minimum absolute atomic E-state index is 0.0851. The van der Waals surface area contributed by atoms with Crippen molar-refractivity contribution in [2.45, 2.75) is 6.54 Å². The molecule has 0 spiro atoms. The summed E-state index contributed by atoms with van der Waals surface area (Å²) >= 11 is 5.78. The number of amides is 2. The maximum Gasteiger partial charge on any atom is 0.313 e. The van der Waals surface area contributed by atoms with Crippen molar-refractivity contribution >= 4 is 29.1 Å². The molecule has 0 fully saturated rings. The lowest BCUT2D eigenvalue weighted by Crippen LogP contribution is -2.40. The molecule has 2 aromatic carbocycles. The van der Waals surface area contributed by atoms with E-state index in [1.54, 1.807) is 24.3 Å². The summed E-state index contributed by atoms with van der Waals surface area (Å²) in [4.78, 5) is 25.7. The summed E-state index contributed by atoms with van der Waals surface area (Å²) in [5, 5.41) is 12.2. The molecule has 0 atom stereocenters. The minimum atomic E-state index is -0.753. The lowest BCUT2D eigenvalue weighted by molar-refractivity contribution is -0.143. The number of nitrogens with one attached hydrogen (secondary N) is 1. The van der Waals surface area contributed by atoms with E-state index in [-0.39, 0.29) is 19.7 Å². The molecular weight excluding hydrogens is 316 g/mol. The van der Waals surface area contributed by atoms with Gasteiger partial charge in [0.1, 0.15) is 0 Å². The van der Waals surface area contributed by atoms with Crippen molar-refractivity contribution in [3.05, 3.63) is 65.2 Å². The van der Waals surface area contributed by atoms with Gasteiger partial charge in [-0.1, -0.05) is 41.9 Å². The number of carbonyl (C=O) groups excluding carboxylic acids is 2. The molecule has 0 heterocycles. The third kappa shape index (κ3) is 5.09. The molecule has 2 amide bonds. The van der Waals surface area contributed by atoms with Gasteiger partial charge >= 0.3 is 11.8 Å². The average molecular weight is 333 g/mol. The highest BCUT2D eigenvalue weighted by molar-refractivity contribution is 6.39. The van der Waals surface area contributed by atoms with Crippen LogP contribution in [0.5, 0.6) is 0 Å². The van der Waals surface area contributed by atoms with E-state index in [0.717, 1.165) is 5.56 Å². The van der Waals surface area contributed by atoms with Crippen LogP contribution in [0.1, 0.15) is 5.56 Å². The molecular formula is C17H17ClN2O3. The molecule has 120 valence electrons. The topological polar surface area (TPSA) is 69.6 Å². The van der Waals surface area contributed by atoms with Gasteiger partial charge in [0, 0.05) is 23.8 Å². The van der Waals surface area contributed by atoms with Gasteiger partial charge in [0.15, 0.2) is 0 Å². The van der Waals surface area contributed by atoms with Crippen LogP contribution < -0.4 is 5.32 Å². The molecule has 0 saturated heterocycles. The number of nitrogens with zero attached hydrogens (tertiary/aromatic N) is 1. The van der Waals surface area contributed by atoms with E-state index in [1.165, 1.54) is 4.90 Å². The number of rotatable bonds is 5. The van der Waals surface area contributed by atoms with Gasteiger partial charge in [-0.25, -0.2) is 0 Å². The van der Waals surface area contributed by atoms with E-state index in [9.17, 15) is 9.59 Å². The second-order valence-corrected chi connectivity index (χ2v) is 5.33. The van der Waals surface area contributed by atoms with E-state index in [0.29, 0.717) is 10.7 Å². The number of benzene rings is 2. The molecule has 6 heteroatoms. The quantitative estimate of drug-likeness (QED) is 0.825. The highest BCUT2D eigenvalue weighted by Crippen LogP contribution is 2.13. The Morgan fingerprint density at radius 2 is 1.70 bits per heavy atom. The molecule has 0 aliphatic rings. The summed E-state index contributed by atoms with van der Waals surface area (Å²) in [5.41, 5.74) is 1.37. The molecule has 2 N–H and O–H groups in total. The fourth-order valence-electron chi connectivity index (χ4n) is 2.04. The van der Waals surface area contributed by atoms with Gasteiger partial charge < -0.3 is 15.3 Å². The highest BCUT2D eigenvalue weighted by atomic mass is 35.5. The van der Waals surface area contributed by atoms with Gasteiger partial charge in [0.25, 0.3) is 0 Å². The standard InChI is InChI=1S/C17H17ClN2O3/c18-14-6-8-15(9-7-14)19-16(22)17(23)20(10-11-21)12-13-4-2-1-3-5-13/h1-9,21H,10-12H2,(H,19,22). The Kier molecular flexibility index (Phi) is 6.14. The monoisotopic (exact) mass is 332 g/mol. The van der Waals surface area contributed by atoms with Gasteiger partial charge in [-0.3, -0.25) is 9.59 Å². The molecule has 0 aliphatic carbocycles. The molecule has 0 bridgehead atoms. The predicted octanol–water partition coefficient (Wildman–Crippen LogP) is 2.30. The molecule has 23 heavy (non-hydrogen) atoms. The van der Waals surface area contributed by atoms with Gasteiger partial charge in [-0.05, 0) is 29.8 Å². The van der Waals surface area contributed by atoms with Crippen molar-refractivity contribution in [3.8, 4) is 0 Å². The van der Waals surface area contributed by atoms with Crippen molar-refractivity contribution < 1.29 is 14.7 Å². The number of aliphatic hydroxyl groups is 1. The molecule has 0 saturated carbocycles. The number of hydrogen-bond acceptors (Lipinski definition) is 3. The van der Waals surface area contributed by atoms with Crippen LogP contribution in [0.25, 0.3) is 0 Å². The van der Waals surface area contributed by atoms with Crippen molar-refractivity contribution in [1.29, 1.82) is 0 Å². The molecule has 0 aliphatic heterocycles. The maximum absolute atomic E-state index is 12.3. The first kappa shape index (κ1) is 17.0. The van der Waals surface area contributed by atoms with Crippen LogP contribution in [0.4, 0.5) is 5.69 Å². The van der Waals surface area contributed by atoms with E-state index >= 15 is 0 Å². The van der Waals surface area contributed by atoms with Gasteiger partial charge in [-0.15, -0.1) is 0 Å². The summed E-state index contributed by atoms with van der Waals surface area (Å²) in [6, 6.07) is 15.8. The first-order valence-electron chi connectivity index (χ1n) is 7.11. The largest absolute Gasteiger partial charge is 0.395 e. The number of hydrogen-bond donors (Lipinski definition) is 2. The van der Waals surface area contributed by atoms with E-state index in [4.69, 9.17) is 16.7 Å². The lowest BCUT2D eigenvalue weighted by atomic mass is 10.2. The Morgan fingerprint density at radius 1 is 1.04 bits per heavy atom. The maximum atomic E-state index is 12.3. The van der Waals surface area contributed by atoms with Crippen LogP contribution >= 0.6 is 11.6 Å². The molecule has 0 unspecified atom stereocenters. The Hall–Kier alpha value is -2.37. The SMILES string of the molecule is O=C(Nc1ccc(Cl)cc1)C(=O)N(CCO)Cc1ccccc1. The molecule has 2 rings (SSSR count). The van der Waals surface area contributed by atoms with E-state index in [1.807, 2.05) is 30.3 Å². The van der Waals surface area contributed by atoms with Crippen LogP contribution in [-0.2, 0) is 16.1 Å². The summed E-state index contributed by atoms with van der Waals surface area (Å²) in [6.45, 7) is 0.128. The molecule has 2 aromatic rings. The summed E-state index contributed by atoms with van der Waals surface area (Å²) in [6.07, 6.45) is 0. The van der Waals surface area contributed by atoms with E-state index < -0.39 is 11.8 Å². The van der Waals surface area contributed by atoms with Crippen molar-refractivity contribution in [1.82, 2.24) is 4.90 Å². The van der Waals surface area contributed by atoms with Crippen molar-refractivity contribution in [3.63, 3.8) is 0 Å². The second kappa shape index (κ2) is 8.31. The third-order valence-electron chi connectivity index (χ3n) is 3.17. The fraction of sp³-hybridized carbons (Fsp3) is 0.176. The average Bonchev–Trinajstić information content (AvgIpc) is 2.57. The molecule has 0 radical (unpaired) electrons. The Balaban J connectivity index is 2.04. The van der Waals surface area contributed by atoms with Crippen LogP contribution in [0.3, 0.4) is 0 Å². The van der Waals surface area contributed by atoms with Crippen LogP contribution in [0, 0.1) is 0 Å². The summed E-state index contributed by atoms with van der Waals surface area (Å²) in [7, 11) is 0. The zero-order chi connectivity index (χ0) is 16.7. The summed E-state index contributed by atoms with van der Waals surface area (Å²) < 4.78 is 0. The minimum Gasteiger partial charge on any atom is -0.395 e. The van der Waals surface area contributed by atoms with E-state index in [2.05, 4.69) is 5.32 Å². The summed E-state index contributed by atoms with van der Waals surface area (Å²) in [5.74, 6) is -1.45. The Bertz CT molecular complexity index is 659.